The van der Waals surface area contributed by atoms with Gasteiger partial charge < -0.3 is 45.5 Å². The van der Waals surface area contributed by atoms with Gasteiger partial charge in [-0.15, -0.1) is 0 Å². The number of fused-ring (bicyclic) bond motifs is 3. The summed E-state index contributed by atoms with van der Waals surface area (Å²) in [4.78, 5) is 40.7. The fraction of sp³-hybridized carbons (Fsp3) is 0.538. The van der Waals surface area contributed by atoms with Crippen molar-refractivity contribution in [2.45, 2.75) is 113 Å². The molecule has 2 aromatic carbocycles. The highest BCUT2D eigenvalue weighted by Crippen LogP contribution is 2.53. The average Bonchev–Trinajstić information content (AvgIpc) is 3.11. The van der Waals surface area contributed by atoms with Crippen LogP contribution in [0.3, 0.4) is 0 Å². The lowest BCUT2D eigenvalue weighted by atomic mass is 9.67. The number of aromatic hydroxyl groups is 2. The Morgan fingerprint density at radius 2 is 1.85 bits per heavy atom. The molecule has 14 heteroatoms. The van der Waals surface area contributed by atoms with E-state index in [-0.39, 0.29) is 77.7 Å². The largest absolute Gasteiger partial charge is 0.507 e. The van der Waals surface area contributed by atoms with Gasteiger partial charge in [-0.05, 0) is 70.3 Å². The summed E-state index contributed by atoms with van der Waals surface area (Å²) in [5.74, 6) is -3.79. The number of phenolic OH excluding ortho intramolecular Hbond substituents is 2. The molecule has 1 amide bonds. The summed E-state index contributed by atoms with van der Waals surface area (Å²) in [6.07, 6.45) is 6.61. The summed E-state index contributed by atoms with van der Waals surface area (Å²) < 4.78 is 17.4. The van der Waals surface area contributed by atoms with Gasteiger partial charge in [0, 0.05) is 29.2 Å². The number of ether oxygens (including phenoxy) is 3. The second kappa shape index (κ2) is 16.0. The van der Waals surface area contributed by atoms with Crippen LogP contribution in [0.25, 0.3) is 0 Å². The third-order valence-electron chi connectivity index (χ3n) is 11.0. The zero-order valence-electron chi connectivity index (χ0n) is 30.0. The zero-order chi connectivity index (χ0) is 38.0. The van der Waals surface area contributed by atoms with Crippen molar-refractivity contribution >= 4 is 23.2 Å². The Morgan fingerprint density at radius 3 is 2.58 bits per heavy atom. The number of nitrogens with two attached hydrogens (primary N) is 1. The summed E-state index contributed by atoms with van der Waals surface area (Å²) in [6.45, 7) is 1.07. The van der Waals surface area contributed by atoms with Crippen molar-refractivity contribution in [1.82, 2.24) is 5.43 Å². The Bertz CT molecular complexity index is 1800. The number of allylic oxidation sites excluding steroid dienone is 2. The number of nitrogens with zero attached hydrogens (tertiary/aromatic N) is 1. The Morgan fingerprint density at radius 1 is 1.09 bits per heavy atom. The fourth-order valence-corrected chi connectivity index (χ4v) is 8.32. The van der Waals surface area contributed by atoms with Crippen LogP contribution < -0.4 is 15.9 Å². The van der Waals surface area contributed by atoms with Crippen LogP contribution in [0.2, 0.25) is 0 Å². The van der Waals surface area contributed by atoms with E-state index in [9.17, 15) is 39.9 Å². The first-order valence-corrected chi connectivity index (χ1v) is 18.3. The van der Waals surface area contributed by atoms with Gasteiger partial charge in [0.2, 0.25) is 11.7 Å². The van der Waals surface area contributed by atoms with Gasteiger partial charge in [0.1, 0.15) is 22.8 Å². The zero-order valence-corrected chi connectivity index (χ0v) is 30.0. The van der Waals surface area contributed by atoms with Gasteiger partial charge in [-0.2, -0.15) is 5.10 Å². The molecule has 2 aromatic rings. The van der Waals surface area contributed by atoms with Crippen molar-refractivity contribution in [2.24, 2.45) is 10.8 Å². The summed E-state index contributed by atoms with van der Waals surface area (Å²) in [5.41, 5.74) is 5.67. The summed E-state index contributed by atoms with van der Waals surface area (Å²) in [6, 6.07) is 3.85. The predicted molar refractivity (Wildman–Crippen MR) is 192 cm³/mol. The number of aliphatic hydroxyl groups is 3. The molecule has 286 valence electrons. The number of hydrogen-bond donors (Lipinski definition) is 7. The van der Waals surface area contributed by atoms with Gasteiger partial charge in [-0.3, -0.25) is 14.4 Å². The van der Waals surface area contributed by atoms with Crippen LogP contribution in [0.4, 0.5) is 0 Å². The smallest absolute Gasteiger partial charge is 0.242 e. The van der Waals surface area contributed by atoms with Crippen molar-refractivity contribution < 1.29 is 54.1 Å². The van der Waals surface area contributed by atoms with E-state index in [4.69, 9.17) is 19.9 Å². The van der Waals surface area contributed by atoms with Crippen LogP contribution in [0.5, 0.6) is 17.2 Å². The van der Waals surface area contributed by atoms with Crippen LogP contribution in [0, 0.1) is 0 Å². The number of hydrazone groups is 1. The van der Waals surface area contributed by atoms with E-state index in [1.54, 1.807) is 6.92 Å². The molecule has 0 bridgehead atoms. The van der Waals surface area contributed by atoms with Gasteiger partial charge >= 0.3 is 0 Å². The predicted octanol–water partition coefficient (Wildman–Crippen LogP) is 2.66. The van der Waals surface area contributed by atoms with E-state index in [2.05, 4.69) is 22.7 Å². The lowest BCUT2D eigenvalue weighted by Crippen LogP contribution is -2.52. The van der Waals surface area contributed by atoms with E-state index < -0.39 is 83.4 Å². The Kier molecular flexibility index (Phi) is 11.7. The number of rotatable bonds is 10. The number of aliphatic hydroxyl groups excluding tert-OH is 2. The highest BCUT2D eigenvalue weighted by atomic mass is 16.5. The minimum absolute atomic E-state index is 0.00899. The molecule has 1 saturated heterocycles. The molecule has 0 aromatic heterocycles. The SMILES string of the molecule is COc1cccc2c1C(=O)c1c(O)c3c(c(O)c1C2=O)C[C@@](O)(/C(CO)=N\NC(=O)CCOC1CC/C=C/CCC1)C[C@@H]3C[C@H]1C[C@H](N)[C@H](O)[C@H](C)O1. The number of amides is 1. The average molecular weight is 736 g/mol. The minimum Gasteiger partial charge on any atom is -0.507 e. The molecule has 1 aliphatic heterocycles. The van der Waals surface area contributed by atoms with E-state index in [0.717, 1.165) is 32.1 Å². The van der Waals surface area contributed by atoms with Gasteiger partial charge in [-0.25, -0.2) is 5.43 Å². The molecule has 4 aliphatic rings. The Balaban J connectivity index is 1.33. The second-order valence-electron chi connectivity index (χ2n) is 14.6. The van der Waals surface area contributed by atoms with Crippen LogP contribution >= 0.6 is 0 Å². The molecular weight excluding hydrogens is 686 g/mol. The third-order valence-corrected chi connectivity index (χ3v) is 11.0. The van der Waals surface area contributed by atoms with Crippen molar-refractivity contribution in [3.05, 3.63) is 63.7 Å². The first kappa shape index (κ1) is 38.5. The molecule has 1 unspecified atom stereocenters. The molecule has 6 rings (SSSR count). The number of carbonyl (C=O) groups is 3. The van der Waals surface area contributed by atoms with Crippen LogP contribution in [-0.4, -0.2) is 105 Å². The number of phenols is 2. The molecule has 0 radical (unpaired) electrons. The van der Waals surface area contributed by atoms with E-state index in [0.29, 0.717) is 0 Å². The molecule has 0 spiro atoms. The number of ketones is 2. The van der Waals surface area contributed by atoms with Crippen molar-refractivity contribution in [1.29, 1.82) is 0 Å². The van der Waals surface area contributed by atoms with Crippen LogP contribution in [0.15, 0.2) is 35.5 Å². The number of nitrogens with one attached hydrogen (secondary N) is 1. The number of methoxy groups -OCH3 is 1. The molecule has 1 heterocycles. The molecule has 7 atom stereocenters. The number of hydrogen-bond acceptors (Lipinski definition) is 13. The van der Waals surface area contributed by atoms with E-state index in [1.807, 2.05) is 0 Å². The van der Waals surface area contributed by atoms with Crippen molar-refractivity contribution in [2.75, 3.05) is 20.3 Å². The summed E-state index contributed by atoms with van der Waals surface area (Å²) >= 11 is 0. The van der Waals surface area contributed by atoms with E-state index >= 15 is 0 Å². The second-order valence-corrected chi connectivity index (χ2v) is 14.6. The van der Waals surface area contributed by atoms with Gasteiger partial charge in [0.25, 0.3) is 0 Å². The van der Waals surface area contributed by atoms with Gasteiger partial charge in [0.05, 0.1) is 73.6 Å². The number of carbonyl (C=O) groups excluding carboxylic acids is 3. The lowest BCUT2D eigenvalue weighted by Gasteiger charge is -2.43. The van der Waals surface area contributed by atoms with Crippen molar-refractivity contribution in [3.63, 3.8) is 0 Å². The van der Waals surface area contributed by atoms with Crippen LogP contribution in [-0.2, 0) is 20.7 Å². The quantitative estimate of drug-likeness (QED) is 0.0690. The summed E-state index contributed by atoms with van der Waals surface area (Å²) in [5, 5.41) is 61.0. The maximum Gasteiger partial charge on any atom is 0.242 e. The molecule has 3 aliphatic carbocycles. The minimum atomic E-state index is -1.99. The normalized spacial score (nSPS) is 29.3. The molecule has 53 heavy (non-hydrogen) atoms. The maximum absolute atomic E-state index is 14.0. The molecule has 1 fully saturated rings. The Hall–Kier alpha value is -4.18. The third kappa shape index (κ3) is 7.62. The van der Waals surface area contributed by atoms with Gasteiger partial charge in [0.15, 0.2) is 5.78 Å². The summed E-state index contributed by atoms with van der Waals surface area (Å²) in [7, 11) is 1.35. The first-order valence-electron chi connectivity index (χ1n) is 18.3. The Labute approximate surface area is 307 Å². The highest BCUT2D eigenvalue weighted by molar-refractivity contribution is 6.31. The van der Waals surface area contributed by atoms with Gasteiger partial charge in [-0.1, -0.05) is 24.3 Å². The number of benzene rings is 2. The van der Waals surface area contributed by atoms with E-state index in [1.165, 1.54) is 25.3 Å². The maximum atomic E-state index is 14.0. The molecule has 8 N–H and O–H groups in total. The molecule has 0 saturated carbocycles. The fourth-order valence-electron chi connectivity index (χ4n) is 8.32. The lowest BCUT2D eigenvalue weighted by molar-refractivity contribution is -0.122. The monoisotopic (exact) mass is 735 g/mol. The van der Waals surface area contributed by atoms with Crippen LogP contribution in [0.1, 0.15) is 114 Å². The first-order chi connectivity index (χ1) is 25.4. The van der Waals surface area contributed by atoms with Crippen molar-refractivity contribution in [3.8, 4) is 17.2 Å². The highest BCUT2D eigenvalue weighted by Gasteiger charge is 2.49. The molecule has 14 nitrogen and oxygen atoms in total. The standard InChI is InChI=1S/C39H49N3O11/c1-20-34(45)26(40)16-23(53-20)15-21-17-39(50,28(19-43)41-42-29(44)13-14-52-22-9-6-4-3-5-7-10-22)18-25-30(21)37(48)33-32(36(25)47)35(46)24-11-8-12-27(51-2)31(24)38(33)49/h3-4,8,11-12,20-23,26,34,43,45,47-48,50H,5-7,9-10,13-19,40H2,1-2H3,(H,42,44)/b4-3+,41-28-/t20-,21-,22?,23-,26-,34+,39+/m0/s1. The molecular formula is C39H49N3O11. The topological polar surface area (TPSA) is 230 Å².